The molecule has 5 atom stereocenters. The number of hydrogen-bond acceptors (Lipinski definition) is 4. The topological polar surface area (TPSA) is 36.9 Å². The average Bonchev–Trinajstić information content (AvgIpc) is 2.87. The smallest absolute Gasteiger partial charge is 0.146 e. The lowest BCUT2D eigenvalue weighted by Gasteiger charge is -2.35. The van der Waals surface area contributed by atoms with Gasteiger partial charge in [0.15, 0.2) is 0 Å². The zero-order valence-corrected chi connectivity index (χ0v) is 12.2. The van der Waals surface area contributed by atoms with Crippen molar-refractivity contribution in [2.75, 3.05) is 13.7 Å². The Hall–Kier alpha value is -0.940. The molecule has 2 heterocycles. The molecular weight excluding hydrogens is 256 g/mol. The highest BCUT2D eigenvalue weighted by Gasteiger charge is 2.64. The van der Waals surface area contributed by atoms with Crippen LogP contribution < -0.4 is 0 Å². The molecule has 2 fully saturated rings. The molecule has 1 aromatic rings. The predicted octanol–water partition coefficient (Wildman–Crippen LogP) is 2.16. The number of methoxy groups -OCH3 is 1. The molecule has 4 heteroatoms. The monoisotopic (exact) mass is 278 g/mol. The van der Waals surface area contributed by atoms with Crippen molar-refractivity contribution in [1.82, 2.24) is 0 Å². The van der Waals surface area contributed by atoms with E-state index in [9.17, 15) is 0 Å². The van der Waals surface area contributed by atoms with Gasteiger partial charge in [-0.15, -0.1) is 0 Å². The van der Waals surface area contributed by atoms with Crippen LogP contribution in [0.15, 0.2) is 30.3 Å². The van der Waals surface area contributed by atoms with Gasteiger partial charge in [0.2, 0.25) is 0 Å². The van der Waals surface area contributed by atoms with Crippen LogP contribution in [0.3, 0.4) is 0 Å². The van der Waals surface area contributed by atoms with Gasteiger partial charge in [-0.3, -0.25) is 0 Å². The van der Waals surface area contributed by atoms with Crippen molar-refractivity contribution in [3.05, 3.63) is 35.9 Å². The third-order valence-corrected chi connectivity index (χ3v) is 4.39. The molecule has 0 amide bonds. The van der Waals surface area contributed by atoms with Crippen LogP contribution in [0.25, 0.3) is 0 Å². The van der Waals surface area contributed by atoms with E-state index < -0.39 is 5.60 Å². The van der Waals surface area contributed by atoms with Gasteiger partial charge >= 0.3 is 0 Å². The van der Waals surface area contributed by atoms with Crippen molar-refractivity contribution in [2.45, 2.75) is 50.5 Å². The van der Waals surface area contributed by atoms with E-state index in [1.165, 1.54) is 0 Å². The van der Waals surface area contributed by atoms with E-state index in [0.717, 1.165) is 5.56 Å². The second kappa shape index (κ2) is 5.45. The van der Waals surface area contributed by atoms with Crippen LogP contribution in [0, 0.1) is 0 Å². The fraction of sp³-hybridized carbons (Fsp3) is 0.625. The highest BCUT2D eigenvalue weighted by atomic mass is 16.7. The van der Waals surface area contributed by atoms with E-state index in [-0.39, 0.29) is 24.4 Å². The van der Waals surface area contributed by atoms with Gasteiger partial charge in [0, 0.05) is 7.11 Å². The Kier molecular flexibility index (Phi) is 3.82. The lowest BCUT2D eigenvalue weighted by Crippen LogP contribution is -2.50. The first-order valence-electron chi connectivity index (χ1n) is 7.15. The first-order valence-corrected chi connectivity index (χ1v) is 7.15. The van der Waals surface area contributed by atoms with Crippen LogP contribution in [0.5, 0.6) is 0 Å². The van der Waals surface area contributed by atoms with E-state index in [4.69, 9.17) is 18.9 Å². The van der Waals surface area contributed by atoms with Crippen molar-refractivity contribution in [3.8, 4) is 0 Å². The molecule has 0 aliphatic carbocycles. The third-order valence-electron chi connectivity index (χ3n) is 4.39. The van der Waals surface area contributed by atoms with Gasteiger partial charge < -0.3 is 18.9 Å². The van der Waals surface area contributed by atoms with Gasteiger partial charge in [-0.2, -0.15) is 0 Å². The largest absolute Gasteiger partial charge is 0.375 e. The van der Waals surface area contributed by atoms with Gasteiger partial charge in [-0.1, -0.05) is 30.3 Å². The maximum Gasteiger partial charge on any atom is 0.146 e. The van der Waals surface area contributed by atoms with Gasteiger partial charge in [-0.05, 0) is 19.4 Å². The molecule has 4 nitrogen and oxygen atoms in total. The summed E-state index contributed by atoms with van der Waals surface area (Å²) in [6.45, 7) is 5.13. The standard InChI is InChI=1S/C16H22O4/c1-11-14-15(17-3)16(20-11,12(2)19-14)10-18-9-13-7-5-4-6-8-13/h4-8,11-12,14-15H,9-10H2,1-3H3/t11-,12?,14-,15-,16-/m0/s1. The summed E-state index contributed by atoms with van der Waals surface area (Å²) < 4.78 is 23.6. The Bertz CT molecular complexity index is 449. The second-order valence-electron chi connectivity index (χ2n) is 5.66. The van der Waals surface area contributed by atoms with Gasteiger partial charge in [0.1, 0.15) is 17.8 Å². The van der Waals surface area contributed by atoms with Gasteiger partial charge in [0.25, 0.3) is 0 Å². The maximum absolute atomic E-state index is 6.13. The van der Waals surface area contributed by atoms with E-state index in [2.05, 4.69) is 12.1 Å². The van der Waals surface area contributed by atoms with Gasteiger partial charge in [-0.25, -0.2) is 0 Å². The molecule has 2 bridgehead atoms. The van der Waals surface area contributed by atoms with Crippen molar-refractivity contribution in [1.29, 1.82) is 0 Å². The summed E-state index contributed by atoms with van der Waals surface area (Å²) in [5.74, 6) is 0. The molecule has 2 saturated heterocycles. The van der Waals surface area contributed by atoms with E-state index in [1.54, 1.807) is 7.11 Å². The second-order valence-corrected chi connectivity index (χ2v) is 5.66. The molecule has 1 unspecified atom stereocenters. The molecule has 2 aliphatic heterocycles. The first kappa shape index (κ1) is 14.0. The number of rotatable bonds is 5. The van der Waals surface area contributed by atoms with Crippen LogP contribution in [-0.2, 0) is 25.6 Å². The summed E-state index contributed by atoms with van der Waals surface area (Å²) in [7, 11) is 1.71. The molecule has 20 heavy (non-hydrogen) atoms. The Morgan fingerprint density at radius 1 is 1.20 bits per heavy atom. The normalized spacial score (nSPS) is 39.4. The van der Waals surface area contributed by atoms with Crippen molar-refractivity contribution in [2.24, 2.45) is 0 Å². The summed E-state index contributed by atoms with van der Waals surface area (Å²) >= 11 is 0. The lowest BCUT2D eigenvalue weighted by molar-refractivity contribution is -0.199. The maximum atomic E-state index is 6.13. The summed E-state index contributed by atoms with van der Waals surface area (Å²) in [4.78, 5) is 0. The Balaban J connectivity index is 1.66. The molecule has 0 radical (unpaired) electrons. The van der Waals surface area contributed by atoms with E-state index in [1.807, 2.05) is 32.0 Å². The molecular formula is C16H22O4. The molecule has 0 spiro atoms. The minimum absolute atomic E-state index is 0.00956. The molecule has 3 rings (SSSR count). The minimum atomic E-state index is -0.479. The van der Waals surface area contributed by atoms with E-state index >= 15 is 0 Å². The molecule has 0 saturated carbocycles. The summed E-state index contributed by atoms with van der Waals surface area (Å²) in [5, 5.41) is 0. The fourth-order valence-corrected chi connectivity index (χ4v) is 3.33. The quantitative estimate of drug-likeness (QED) is 0.827. The number of hydrogen-bond donors (Lipinski definition) is 0. The molecule has 0 aromatic heterocycles. The number of benzene rings is 1. The third kappa shape index (κ3) is 2.17. The Morgan fingerprint density at radius 3 is 2.65 bits per heavy atom. The number of ether oxygens (including phenoxy) is 4. The van der Waals surface area contributed by atoms with Crippen LogP contribution in [0.4, 0.5) is 0 Å². The van der Waals surface area contributed by atoms with Crippen LogP contribution in [0.1, 0.15) is 19.4 Å². The highest BCUT2D eigenvalue weighted by Crippen LogP contribution is 2.45. The van der Waals surface area contributed by atoms with E-state index in [0.29, 0.717) is 13.2 Å². The lowest BCUT2D eigenvalue weighted by atomic mass is 9.94. The van der Waals surface area contributed by atoms with Crippen LogP contribution in [-0.4, -0.2) is 43.7 Å². The number of fused-ring (bicyclic) bond motifs is 2. The predicted molar refractivity (Wildman–Crippen MR) is 74.5 cm³/mol. The zero-order chi connectivity index (χ0) is 14.2. The van der Waals surface area contributed by atoms with Gasteiger partial charge in [0.05, 0.1) is 25.4 Å². The van der Waals surface area contributed by atoms with Crippen molar-refractivity contribution >= 4 is 0 Å². The fourth-order valence-electron chi connectivity index (χ4n) is 3.33. The van der Waals surface area contributed by atoms with Crippen LogP contribution in [0.2, 0.25) is 0 Å². The highest BCUT2D eigenvalue weighted by molar-refractivity contribution is 5.14. The average molecular weight is 278 g/mol. The molecule has 110 valence electrons. The SMILES string of the molecule is CO[C@H]1[C@H]2OC(C)[C@]1(COCc1ccccc1)O[C@H]2C. The minimum Gasteiger partial charge on any atom is -0.375 e. The zero-order valence-electron chi connectivity index (χ0n) is 12.2. The molecule has 1 aromatic carbocycles. The molecule has 2 aliphatic rings. The van der Waals surface area contributed by atoms with Crippen LogP contribution >= 0.6 is 0 Å². The first-order chi connectivity index (χ1) is 9.67. The summed E-state index contributed by atoms with van der Waals surface area (Å²) in [6.07, 6.45) is -0.000465. The Morgan fingerprint density at radius 2 is 1.95 bits per heavy atom. The summed E-state index contributed by atoms with van der Waals surface area (Å²) in [5.41, 5.74) is 0.681. The van der Waals surface area contributed by atoms with Crippen molar-refractivity contribution < 1.29 is 18.9 Å². The Labute approximate surface area is 120 Å². The van der Waals surface area contributed by atoms with Crippen molar-refractivity contribution in [3.63, 3.8) is 0 Å². The molecule has 0 N–H and O–H groups in total. The summed E-state index contributed by atoms with van der Waals surface area (Å²) in [6, 6.07) is 10.1.